The Hall–Kier alpha value is -6.50. The lowest BCUT2D eigenvalue weighted by Crippen LogP contribution is -2.42. The number of amides is 3. The number of hydrogen-bond acceptors (Lipinski definition) is 6. The number of urea groups is 1. The molecule has 0 fully saturated rings. The van der Waals surface area contributed by atoms with Crippen molar-refractivity contribution < 1.29 is 14.5 Å². The van der Waals surface area contributed by atoms with Crippen molar-refractivity contribution in [2.24, 2.45) is 0 Å². The highest BCUT2D eigenvalue weighted by atomic mass is 16.6. The number of aryl methyl sites for hydroxylation is 1. The first-order valence-corrected chi connectivity index (χ1v) is 13.7. The van der Waals surface area contributed by atoms with Gasteiger partial charge in [0.1, 0.15) is 0 Å². The quantitative estimate of drug-likeness (QED) is 0.106. The normalized spacial score (nSPS) is 11.0. The Morgan fingerprint density at radius 2 is 1.69 bits per heavy atom. The van der Waals surface area contributed by atoms with E-state index in [1.165, 1.54) is 29.2 Å². The van der Waals surface area contributed by atoms with Gasteiger partial charge in [-0.05, 0) is 60.3 Å². The Morgan fingerprint density at radius 3 is 2.42 bits per heavy atom. The first-order valence-electron chi connectivity index (χ1n) is 13.7. The number of non-ortho nitro benzene ring substituents is 1. The van der Waals surface area contributed by atoms with Crippen LogP contribution in [0.15, 0.2) is 107 Å². The first-order chi connectivity index (χ1) is 21.6. The Bertz CT molecular complexity index is 2270. The highest BCUT2D eigenvalue weighted by Crippen LogP contribution is 2.27. The van der Waals surface area contributed by atoms with E-state index in [0.717, 1.165) is 10.1 Å². The number of fused-ring (bicyclic) bond motifs is 3. The van der Waals surface area contributed by atoms with Gasteiger partial charge in [0, 0.05) is 53.9 Å². The summed E-state index contributed by atoms with van der Waals surface area (Å²) < 4.78 is 2.76. The second-order valence-electron chi connectivity index (χ2n) is 10.3. The number of anilines is 2. The molecule has 0 bridgehead atoms. The third kappa shape index (κ3) is 5.41. The van der Waals surface area contributed by atoms with Crippen molar-refractivity contribution in [3.63, 3.8) is 0 Å². The van der Waals surface area contributed by atoms with E-state index in [4.69, 9.17) is 0 Å². The molecule has 0 aliphatic heterocycles. The van der Waals surface area contributed by atoms with E-state index in [9.17, 15) is 29.3 Å². The molecule has 3 N–H and O–H groups in total. The van der Waals surface area contributed by atoms with Gasteiger partial charge in [-0.25, -0.2) is 9.47 Å². The maximum absolute atomic E-state index is 13.2. The minimum absolute atomic E-state index is 0.0846. The minimum Gasteiger partial charge on any atom is -0.322 e. The summed E-state index contributed by atoms with van der Waals surface area (Å²) in [5.41, 5.74) is 4.08. The zero-order chi connectivity index (χ0) is 31.8. The zero-order valence-electron chi connectivity index (χ0n) is 24.0. The van der Waals surface area contributed by atoms with Crippen molar-refractivity contribution in [1.82, 2.24) is 14.2 Å². The number of nitrogens with zero attached hydrogens (tertiary/aromatic N) is 4. The topological polar surface area (TPSA) is 164 Å². The molecule has 0 aliphatic rings. The van der Waals surface area contributed by atoms with Crippen molar-refractivity contribution in [3.05, 3.63) is 139 Å². The van der Waals surface area contributed by atoms with Crippen molar-refractivity contribution in [2.45, 2.75) is 6.92 Å². The third-order valence-corrected chi connectivity index (χ3v) is 7.45. The number of carbonyl (C=O) groups excluding carboxylic acids is 2. The molecular weight excluding hydrogens is 578 g/mol. The van der Waals surface area contributed by atoms with Crippen LogP contribution in [0.3, 0.4) is 0 Å². The van der Waals surface area contributed by atoms with Gasteiger partial charge >= 0.3 is 17.1 Å². The largest absolute Gasteiger partial charge is 0.335 e. The van der Waals surface area contributed by atoms with Crippen LogP contribution in [-0.2, 0) is 0 Å². The summed E-state index contributed by atoms with van der Waals surface area (Å²) in [5, 5.41) is 14.9. The van der Waals surface area contributed by atoms with Crippen LogP contribution in [0.2, 0.25) is 0 Å². The monoisotopic (exact) mass is 603 g/mol. The van der Waals surface area contributed by atoms with Gasteiger partial charge in [0.25, 0.3) is 11.6 Å². The molecule has 224 valence electrons. The summed E-state index contributed by atoms with van der Waals surface area (Å²) in [6, 6.07) is 22.7. The lowest BCUT2D eigenvalue weighted by Gasteiger charge is -2.16. The summed E-state index contributed by atoms with van der Waals surface area (Å²) in [4.78, 5) is 66.1. The molecule has 45 heavy (non-hydrogen) atoms. The number of nitrogens with one attached hydrogen (secondary N) is 3. The van der Waals surface area contributed by atoms with Crippen molar-refractivity contribution in [3.8, 4) is 5.69 Å². The molecule has 0 aliphatic carbocycles. The van der Waals surface area contributed by atoms with Gasteiger partial charge in [0.15, 0.2) is 0 Å². The highest BCUT2D eigenvalue weighted by Gasteiger charge is 2.17. The molecule has 0 saturated heterocycles. The van der Waals surface area contributed by atoms with Gasteiger partial charge in [0.2, 0.25) is 0 Å². The smallest absolute Gasteiger partial charge is 0.322 e. The van der Waals surface area contributed by atoms with Gasteiger partial charge in [0.05, 0.1) is 21.6 Å². The van der Waals surface area contributed by atoms with Crippen LogP contribution in [-0.4, -0.2) is 38.1 Å². The third-order valence-electron chi connectivity index (χ3n) is 7.45. The molecule has 0 saturated carbocycles. The fourth-order valence-electron chi connectivity index (χ4n) is 5.00. The summed E-state index contributed by atoms with van der Waals surface area (Å²) in [7, 11) is 1.58. The maximum atomic E-state index is 13.2. The number of benzene rings is 4. The fraction of sp³-hybridized carbons (Fsp3) is 0.0625. The lowest BCUT2D eigenvalue weighted by molar-refractivity contribution is -0.384. The Kier molecular flexibility index (Phi) is 7.18. The number of H-pyrrole nitrogens is 1. The molecule has 6 aromatic rings. The molecule has 4 aromatic carbocycles. The average molecular weight is 604 g/mol. The Labute approximate surface area is 254 Å². The van der Waals surface area contributed by atoms with Crippen LogP contribution in [0.4, 0.5) is 21.9 Å². The van der Waals surface area contributed by atoms with E-state index >= 15 is 0 Å². The van der Waals surface area contributed by atoms with E-state index in [-0.39, 0.29) is 5.69 Å². The van der Waals surface area contributed by atoms with E-state index in [0.29, 0.717) is 44.6 Å². The van der Waals surface area contributed by atoms with Gasteiger partial charge in [-0.15, -0.1) is 0 Å². The van der Waals surface area contributed by atoms with Crippen molar-refractivity contribution in [1.29, 1.82) is 0 Å². The summed E-state index contributed by atoms with van der Waals surface area (Å²) in [6.45, 7) is 1.78. The SMILES string of the molecule is Cc1ccccc1C(=O)Nn1c(=O)c(=O)[nH]c2ccc3ccc(-n4ccc(N(C)C(=O)Nc5ccc([N+](=O)[O-])cc5)c4)cc3c21. The summed E-state index contributed by atoms with van der Waals surface area (Å²) in [6.07, 6.45) is 3.49. The van der Waals surface area contributed by atoms with Crippen LogP contribution in [0.25, 0.3) is 27.5 Å². The summed E-state index contributed by atoms with van der Waals surface area (Å²) >= 11 is 0. The number of hydrogen-bond donors (Lipinski definition) is 3. The van der Waals surface area contributed by atoms with Crippen LogP contribution in [0.1, 0.15) is 15.9 Å². The van der Waals surface area contributed by atoms with Gasteiger partial charge < -0.3 is 14.9 Å². The van der Waals surface area contributed by atoms with Crippen LogP contribution < -0.4 is 26.8 Å². The molecule has 13 nitrogen and oxygen atoms in total. The second kappa shape index (κ2) is 11.3. The molecular formula is C32H25N7O6. The minimum atomic E-state index is -0.939. The molecule has 2 aromatic heterocycles. The molecule has 6 rings (SSSR count). The number of aromatic amines is 1. The molecule has 0 spiro atoms. The van der Waals surface area contributed by atoms with Gasteiger partial charge in [-0.2, -0.15) is 0 Å². The van der Waals surface area contributed by atoms with Crippen molar-refractivity contribution >= 4 is 50.8 Å². The van der Waals surface area contributed by atoms with E-state index in [1.807, 2.05) is 18.2 Å². The Morgan fingerprint density at radius 1 is 0.956 bits per heavy atom. The molecule has 0 unspecified atom stereocenters. The van der Waals surface area contributed by atoms with E-state index in [2.05, 4.69) is 15.7 Å². The molecule has 2 heterocycles. The van der Waals surface area contributed by atoms with Gasteiger partial charge in [-0.3, -0.25) is 34.8 Å². The number of carbonyl (C=O) groups is 2. The maximum Gasteiger partial charge on any atom is 0.335 e. The molecule has 0 atom stereocenters. The van der Waals surface area contributed by atoms with Crippen LogP contribution in [0.5, 0.6) is 0 Å². The van der Waals surface area contributed by atoms with E-state index in [1.54, 1.807) is 73.4 Å². The predicted molar refractivity (Wildman–Crippen MR) is 171 cm³/mol. The standard InChI is InChI=1S/C32H25N7O6/c1-19-5-3-4-6-25(19)29(40)35-38-28-26-17-23(11-7-20(26)8-14-27(28)34-30(41)31(38)42)37-16-15-24(18-37)36(2)32(43)33-21-9-12-22(13-10-21)39(44)45/h3-18H,1-2H3,(H,33,43)(H,34,41)(H,35,40). The number of nitro groups is 1. The molecule has 3 amide bonds. The van der Waals surface area contributed by atoms with Crippen molar-refractivity contribution in [2.75, 3.05) is 22.7 Å². The zero-order valence-corrected chi connectivity index (χ0v) is 24.0. The summed E-state index contributed by atoms with van der Waals surface area (Å²) in [5.74, 6) is -0.541. The molecule has 0 radical (unpaired) electrons. The Balaban J connectivity index is 1.35. The number of rotatable bonds is 6. The average Bonchev–Trinajstić information content (AvgIpc) is 3.53. The van der Waals surface area contributed by atoms with Crippen LogP contribution in [0, 0.1) is 17.0 Å². The number of nitro benzene ring substituents is 1. The predicted octanol–water partition coefficient (Wildman–Crippen LogP) is 4.90. The van der Waals surface area contributed by atoms with Gasteiger partial charge in [-0.1, -0.05) is 30.3 Å². The van der Waals surface area contributed by atoms with E-state index < -0.39 is 28.0 Å². The highest BCUT2D eigenvalue weighted by molar-refractivity contribution is 6.07. The lowest BCUT2D eigenvalue weighted by atomic mass is 10.1. The fourth-order valence-corrected chi connectivity index (χ4v) is 5.00. The number of aromatic nitrogens is 3. The van der Waals surface area contributed by atoms with Crippen LogP contribution >= 0.6 is 0 Å². The first kappa shape index (κ1) is 28.6. The second-order valence-corrected chi connectivity index (χ2v) is 10.3. The molecule has 13 heteroatoms.